The first-order valence-electron chi connectivity index (χ1n) is 8.09. The van der Waals surface area contributed by atoms with Crippen LogP contribution in [0.3, 0.4) is 0 Å². The first-order chi connectivity index (χ1) is 9.67. The zero-order valence-electron chi connectivity index (χ0n) is 13.4. The molecule has 2 atom stereocenters. The van der Waals surface area contributed by atoms with E-state index in [-0.39, 0.29) is 0 Å². The van der Waals surface area contributed by atoms with Crippen LogP contribution in [0.5, 0.6) is 0 Å². The van der Waals surface area contributed by atoms with Crippen LogP contribution in [0.1, 0.15) is 55.8 Å². The minimum atomic E-state index is 0.327. The summed E-state index contributed by atoms with van der Waals surface area (Å²) in [7, 11) is 0. The number of hydrogen-bond donors (Lipinski definition) is 1. The van der Waals surface area contributed by atoms with Crippen LogP contribution in [0.2, 0.25) is 0 Å². The van der Waals surface area contributed by atoms with E-state index in [1.54, 1.807) is 0 Å². The Hall–Kier alpha value is -0.860. The average molecular weight is 275 g/mol. The Kier molecular flexibility index (Phi) is 5.62. The van der Waals surface area contributed by atoms with E-state index in [0.29, 0.717) is 12.1 Å². The Morgan fingerprint density at radius 1 is 1.20 bits per heavy atom. The summed E-state index contributed by atoms with van der Waals surface area (Å²) in [6, 6.07) is 7.17. The monoisotopic (exact) mass is 275 g/mol. The molecule has 1 aliphatic rings. The summed E-state index contributed by atoms with van der Waals surface area (Å²) in [6.45, 7) is 10.5. The van der Waals surface area contributed by atoms with E-state index in [0.717, 1.165) is 25.5 Å². The van der Waals surface area contributed by atoms with Gasteiger partial charge in [-0.15, -0.1) is 0 Å². The van der Waals surface area contributed by atoms with Crippen molar-refractivity contribution in [3.8, 4) is 0 Å². The fourth-order valence-corrected chi connectivity index (χ4v) is 2.80. The van der Waals surface area contributed by atoms with Crippen molar-refractivity contribution in [3.05, 3.63) is 34.9 Å². The van der Waals surface area contributed by atoms with Crippen LogP contribution < -0.4 is 5.32 Å². The predicted octanol–water partition coefficient (Wildman–Crippen LogP) is 4.16. The van der Waals surface area contributed by atoms with Crippen molar-refractivity contribution in [2.75, 3.05) is 13.2 Å². The molecule has 0 aliphatic heterocycles. The second-order valence-corrected chi connectivity index (χ2v) is 6.03. The number of nitrogens with one attached hydrogen (secondary N) is 1. The van der Waals surface area contributed by atoms with Crippen LogP contribution in [-0.2, 0) is 4.74 Å². The molecule has 1 aromatic rings. The van der Waals surface area contributed by atoms with Crippen molar-refractivity contribution in [3.63, 3.8) is 0 Å². The highest BCUT2D eigenvalue weighted by atomic mass is 16.5. The van der Waals surface area contributed by atoms with Gasteiger partial charge in [0.2, 0.25) is 0 Å². The lowest BCUT2D eigenvalue weighted by Crippen LogP contribution is -2.36. The lowest BCUT2D eigenvalue weighted by atomic mass is 9.95. The molecule has 0 amide bonds. The second kappa shape index (κ2) is 7.24. The van der Waals surface area contributed by atoms with Crippen molar-refractivity contribution in [2.24, 2.45) is 5.92 Å². The second-order valence-electron chi connectivity index (χ2n) is 6.03. The normalized spacial score (nSPS) is 18.0. The van der Waals surface area contributed by atoms with Gasteiger partial charge in [-0.25, -0.2) is 0 Å². The number of benzene rings is 1. The minimum absolute atomic E-state index is 0.327. The van der Waals surface area contributed by atoms with Crippen LogP contribution in [0, 0.1) is 19.8 Å². The number of hydrogen-bond acceptors (Lipinski definition) is 2. The maximum atomic E-state index is 6.09. The topological polar surface area (TPSA) is 21.3 Å². The first kappa shape index (κ1) is 15.5. The summed E-state index contributed by atoms with van der Waals surface area (Å²) in [4.78, 5) is 0. The molecule has 20 heavy (non-hydrogen) atoms. The molecular formula is C18H29NO. The van der Waals surface area contributed by atoms with E-state index in [1.165, 1.54) is 29.5 Å². The number of aryl methyl sites for hydroxylation is 2. The Morgan fingerprint density at radius 2 is 1.95 bits per heavy atom. The van der Waals surface area contributed by atoms with Crippen molar-refractivity contribution < 1.29 is 4.74 Å². The van der Waals surface area contributed by atoms with E-state index in [2.05, 4.69) is 51.2 Å². The Balaban J connectivity index is 2.22. The van der Waals surface area contributed by atoms with Gasteiger partial charge in [-0.1, -0.05) is 25.1 Å². The number of ether oxygens (including phenoxy) is 1. The van der Waals surface area contributed by atoms with E-state index in [9.17, 15) is 0 Å². The van der Waals surface area contributed by atoms with Crippen LogP contribution in [0.15, 0.2) is 18.2 Å². The lowest BCUT2D eigenvalue weighted by molar-refractivity contribution is 0.0186. The molecule has 1 N–H and O–H groups in total. The molecule has 2 nitrogen and oxygen atoms in total. The Morgan fingerprint density at radius 3 is 2.50 bits per heavy atom. The average Bonchev–Trinajstić information content (AvgIpc) is 3.26. The predicted molar refractivity (Wildman–Crippen MR) is 85.1 cm³/mol. The van der Waals surface area contributed by atoms with Gasteiger partial charge in [-0.05, 0) is 69.2 Å². The van der Waals surface area contributed by atoms with Crippen molar-refractivity contribution >= 4 is 0 Å². The van der Waals surface area contributed by atoms with E-state index in [4.69, 9.17) is 4.74 Å². The van der Waals surface area contributed by atoms with Crippen LogP contribution in [-0.4, -0.2) is 19.3 Å². The Labute approximate surface area is 123 Å². The first-order valence-corrected chi connectivity index (χ1v) is 8.09. The van der Waals surface area contributed by atoms with Crippen molar-refractivity contribution in [1.29, 1.82) is 0 Å². The molecule has 0 heterocycles. The van der Waals surface area contributed by atoms with Crippen LogP contribution >= 0.6 is 0 Å². The van der Waals surface area contributed by atoms with E-state index >= 15 is 0 Å². The third kappa shape index (κ3) is 3.83. The van der Waals surface area contributed by atoms with Gasteiger partial charge in [0.05, 0.1) is 12.1 Å². The molecule has 1 fully saturated rings. The molecule has 0 bridgehead atoms. The fraction of sp³-hybridized carbons (Fsp3) is 0.667. The van der Waals surface area contributed by atoms with Gasteiger partial charge in [-0.2, -0.15) is 0 Å². The molecule has 0 radical (unpaired) electrons. The number of rotatable bonds is 8. The molecular weight excluding hydrogens is 246 g/mol. The maximum absolute atomic E-state index is 6.09. The summed E-state index contributed by atoms with van der Waals surface area (Å²) in [5, 5.41) is 3.71. The van der Waals surface area contributed by atoms with Crippen molar-refractivity contribution in [1.82, 2.24) is 5.32 Å². The highest BCUT2D eigenvalue weighted by molar-refractivity contribution is 5.32. The van der Waals surface area contributed by atoms with Crippen LogP contribution in [0.25, 0.3) is 0 Å². The summed E-state index contributed by atoms with van der Waals surface area (Å²) >= 11 is 0. The summed E-state index contributed by atoms with van der Waals surface area (Å²) in [5.41, 5.74) is 4.12. The Bertz CT molecular complexity index is 425. The fourth-order valence-electron chi connectivity index (χ4n) is 2.80. The third-order valence-electron chi connectivity index (χ3n) is 4.28. The molecule has 0 spiro atoms. The molecule has 112 valence electrons. The summed E-state index contributed by atoms with van der Waals surface area (Å²) in [6.07, 6.45) is 4.12. The van der Waals surface area contributed by atoms with Gasteiger partial charge in [0, 0.05) is 6.61 Å². The van der Waals surface area contributed by atoms with Gasteiger partial charge >= 0.3 is 0 Å². The molecule has 1 aromatic carbocycles. The zero-order chi connectivity index (χ0) is 14.5. The molecule has 0 aromatic heterocycles. The summed E-state index contributed by atoms with van der Waals surface area (Å²) < 4.78 is 6.09. The summed E-state index contributed by atoms with van der Waals surface area (Å²) in [5.74, 6) is 0.742. The molecule has 0 saturated heterocycles. The van der Waals surface area contributed by atoms with Gasteiger partial charge in [-0.3, -0.25) is 0 Å². The maximum Gasteiger partial charge on any atom is 0.0797 e. The molecule has 1 saturated carbocycles. The van der Waals surface area contributed by atoms with Crippen LogP contribution in [0.4, 0.5) is 0 Å². The van der Waals surface area contributed by atoms with Gasteiger partial charge in [0.1, 0.15) is 0 Å². The lowest BCUT2D eigenvalue weighted by Gasteiger charge is -2.29. The van der Waals surface area contributed by atoms with Crippen molar-refractivity contribution in [2.45, 2.75) is 59.1 Å². The standard InChI is InChI=1S/C18H29NO/c1-5-11-19-17(18(20-6-2)15-9-10-15)16-8-7-13(3)14(4)12-16/h7-8,12,15,17-19H,5-6,9-11H2,1-4H3. The molecule has 2 unspecified atom stereocenters. The third-order valence-corrected chi connectivity index (χ3v) is 4.28. The van der Waals surface area contributed by atoms with E-state index < -0.39 is 0 Å². The largest absolute Gasteiger partial charge is 0.376 e. The molecule has 2 rings (SSSR count). The molecule has 2 heteroatoms. The molecule has 1 aliphatic carbocycles. The van der Waals surface area contributed by atoms with Gasteiger partial charge in [0.25, 0.3) is 0 Å². The smallest absolute Gasteiger partial charge is 0.0797 e. The minimum Gasteiger partial charge on any atom is -0.376 e. The SMILES string of the molecule is CCCNC(c1ccc(C)c(C)c1)C(OCC)C1CC1. The van der Waals surface area contributed by atoms with E-state index in [1.807, 2.05) is 0 Å². The zero-order valence-corrected chi connectivity index (χ0v) is 13.4. The highest BCUT2D eigenvalue weighted by Crippen LogP contribution is 2.40. The van der Waals surface area contributed by atoms with Gasteiger partial charge < -0.3 is 10.1 Å². The quantitative estimate of drug-likeness (QED) is 0.769. The van der Waals surface area contributed by atoms with Gasteiger partial charge in [0.15, 0.2) is 0 Å². The highest BCUT2D eigenvalue weighted by Gasteiger charge is 2.37.